The van der Waals surface area contributed by atoms with Crippen LogP contribution in [0.2, 0.25) is 0 Å². The summed E-state index contributed by atoms with van der Waals surface area (Å²) in [4.78, 5) is 8.68. The highest BCUT2D eigenvalue weighted by atomic mass is 16.6. The van der Waals surface area contributed by atoms with Gasteiger partial charge in [-0.15, -0.1) is 0 Å². The standard InChI is InChI=1S/C14H23N3O2/c1-10(2)6-15-7-12-8-16-14(17-11(12)3)19-13-4-5-18-9-13/h8,10,13,15H,4-7,9H2,1-3H3. The fourth-order valence-electron chi connectivity index (χ4n) is 1.95. The van der Waals surface area contributed by atoms with Gasteiger partial charge in [-0.1, -0.05) is 13.8 Å². The van der Waals surface area contributed by atoms with Crippen LogP contribution < -0.4 is 10.1 Å². The van der Waals surface area contributed by atoms with Crippen LogP contribution in [0.15, 0.2) is 6.20 Å². The molecule has 0 saturated carbocycles. The lowest BCUT2D eigenvalue weighted by molar-refractivity contribution is 0.134. The van der Waals surface area contributed by atoms with Crippen molar-refractivity contribution in [1.29, 1.82) is 0 Å². The van der Waals surface area contributed by atoms with E-state index in [9.17, 15) is 0 Å². The highest BCUT2D eigenvalue weighted by molar-refractivity contribution is 5.17. The fraction of sp³-hybridized carbons (Fsp3) is 0.714. The summed E-state index contributed by atoms with van der Waals surface area (Å²) in [6.45, 7) is 9.58. The molecule has 0 aromatic carbocycles. The normalized spacial score (nSPS) is 19.1. The number of rotatable bonds is 6. The maximum absolute atomic E-state index is 5.69. The first-order chi connectivity index (χ1) is 9.15. The Kier molecular flexibility index (Phi) is 5.10. The summed E-state index contributed by atoms with van der Waals surface area (Å²) in [6, 6.07) is 0.459. The molecule has 0 bridgehead atoms. The quantitative estimate of drug-likeness (QED) is 0.848. The Morgan fingerprint density at radius 3 is 3.00 bits per heavy atom. The van der Waals surface area contributed by atoms with Crippen molar-refractivity contribution in [2.24, 2.45) is 5.92 Å². The largest absolute Gasteiger partial charge is 0.458 e. The molecule has 5 nitrogen and oxygen atoms in total. The lowest BCUT2D eigenvalue weighted by Crippen LogP contribution is -2.21. The van der Waals surface area contributed by atoms with Crippen LogP contribution in [0.1, 0.15) is 31.5 Å². The molecule has 106 valence electrons. The van der Waals surface area contributed by atoms with Gasteiger partial charge in [0.25, 0.3) is 0 Å². The zero-order chi connectivity index (χ0) is 13.7. The summed E-state index contributed by atoms with van der Waals surface area (Å²) in [6.07, 6.45) is 2.87. The molecule has 2 rings (SSSR count). The second-order valence-electron chi connectivity index (χ2n) is 5.39. The molecule has 1 unspecified atom stereocenters. The maximum atomic E-state index is 5.69. The van der Waals surface area contributed by atoms with E-state index in [1.165, 1.54) is 0 Å². The van der Waals surface area contributed by atoms with Gasteiger partial charge in [0.05, 0.1) is 13.2 Å². The molecule has 2 heterocycles. The summed E-state index contributed by atoms with van der Waals surface area (Å²) >= 11 is 0. The summed E-state index contributed by atoms with van der Waals surface area (Å²) < 4.78 is 11.0. The molecule has 1 aromatic heterocycles. The van der Waals surface area contributed by atoms with Crippen molar-refractivity contribution in [3.63, 3.8) is 0 Å². The highest BCUT2D eigenvalue weighted by Gasteiger charge is 2.18. The second kappa shape index (κ2) is 6.82. The third-order valence-corrected chi connectivity index (χ3v) is 3.09. The van der Waals surface area contributed by atoms with Crippen molar-refractivity contribution < 1.29 is 9.47 Å². The SMILES string of the molecule is Cc1nc(OC2CCOC2)ncc1CNCC(C)C. The zero-order valence-corrected chi connectivity index (χ0v) is 12.0. The second-order valence-corrected chi connectivity index (χ2v) is 5.39. The van der Waals surface area contributed by atoms with Gasteiger partial charge in [0.1, 0.15) is 6.10 Å². The first-order valence-corrected chi connectivity index (χ1v) is 6.92. The van der Waals surface area contributed by atoms with Gasteiger partial charge in [-0.3, -0.25) is 0 Å². The Morgan fingerprint density at radius 2 is 2.37 bits per heavy atom. The fourth-order valence-corrected chi connectivity index (χ4v) is 1.95. The smallest absolute Gasteiger partial charge is 0.316 e. The summed E-state index contributed by atoms with van der Waals surface area (Å²) in [5.41, 5.74) is 2.09. The average molecular weight is 265 g/mol. The van der Waals surface area contributed by atoms with E-state index in [0.29, 0.717) is 18.5 Å². The van der Waals surface area contributed by atoms with E-state index in [1.54, 1.807) is 0 Å². The van der Waals surface area contributed by atoms with Crippen molar-refractivity contribution in [1.82, 2.24) is 15.3 Å². The van der Waals surface area contributed by atoms with Crippen LogP contribution in [0.5, 0.6) is 6.01 Å². The van der Waals surface area contributed by atoms with E-state index < -0.39 is 0 Å². The van der Waals surface area contributed by atoms with Gasteiger partial charge in [0.2, 0.25) is 0 Å². The summed E-state index contributed by atoms with van der Waals surface area (Å²) in [7, 11) is 0. The van der Waals surface area contributed by atoms with E-state index in [1.807, 2.05) is 13.1 Å². The van der Waals surface area contributed by atoms with Crippen LogP contribution in [-0.4, -0.2) is 35.8 Å². The van der Waals surface area contributed by atoms with E-state index >= 15 is 0 Å². The molecule has 0 aliphatic carbocycles. The molecular formula is C14H23N3O2. The van der Waals surface area contributed by atoms with Crippen molar-refractivity contribution in [2.45, 2.75) is 39.8 Å². The molecule has 1 aromatic rings. The Morgan fingerprint density at radius 1 is 1.53 bits per heavy atom. The summed E-state index contributed by atoms with van der Waals surface area (Å²) in [5.74, 6) is 0.645. The molecule has 0 radical (unpaired) electrons. The van der Waals surface area contributed by atoms with Gasteiger partial charge in [-0.05, 0) is 19.4 Å². The lowest BCUT2D eigenvalue weighted by Gasteiger charge is -2.12. The van der Waals surface area contributed by atoms with Gasteiger partial charge in [0, 0.05) is 30.4 Å². The highest BCUT2D eigenvalue weighted by Crippen LogP contribution is 2.14. The number of hydrogen-bond donors (Lipinski definition) is 1. The van der Waals surface area contributed by atoms with Crippen LogP contribution in [0.3, 0.4) is 0 Å². The first kappa shape index (κ1) is 14.2. The van der Waals surface area contributed by atoms with Crippen molar-refractivity contribution in [2.75, 3.05) is 19.8 Å². The van der Waals surface area contributed by atoms with E-state index in [-0.39, 0.29) is 6.10 Å². The zero-order valence-electron chi connectivity index (χ0n) is 12.0. The van der Waals surface area contributed by atoms with Crippen LogP contribution >= 0.6 is 0 Å². The van der Waals surface area contributed by atoms with Crippen LogP contribution in [-0.2, 0) is 11.3 Å². The lowest BCUT2D eigenvalue weighted by atomic mass is 10.2. The van der Waals surface area contributed by atoms with Gasteiger partial charge >= 0.3 is 6.01 Å². The van der Waals surface area contributed by atoms with E-state index in [0.717, 1.165) is 37.4 Å². The number of aryl methyl sites for hydroxylation is 1. The Bertz CT molecular complexity index is 404. The molecular weight excluding hydrogens is 242 g/mol. The van der Waals surface area contributed by atoms with Gasteiger partial charge in [0.15, 0.2) is 0 Å². The molecule has 1 saturated heterocycles. The number of ether oxygens (including phenoxy) is 2. The molecule has 1 atom stereocenters. The maximum Gasteiger partial charge on any atom is 0.316 e. The minimum Gasteiger partial charge on any atom is -0.458 e. The van der Waals surface area contributed by atoms with E-state index in [2.05, 4.69) is 29.1 Å². The van der Waals surface area contributed by atoms with Crippen LogP contribution in [0.4, 0.5) is 0 Å². The predicted octanol–water partition coefficient (Wildman–Crippen LogP) is 1.70. The molecule has 1 aliphatic rings. The third kappa shape index (κ3) is 4.44. The monoisotopic (exact) mass is 265 g/mol. The van der Waals surface area contributed by atoms with Crippen molar-refractivity contribution in [3.05, 3.63) is 17.5 Å². The third-order valence-electron chi connectivity index (χ3n) is 3.09. The van der Waals surface area contributed by atoms with Crippen LogP contribution in [0, 0.1) is 12.8 Å². The topological polar surface area (TPSA) is 56.3 Å². The molecule has 0 spiro atoms. The molecule has 1 aliphatic heterocycles. The number of aromatic nitrogens is 2. The van der Waals surface area contributed by atoms with Gasteiger partial charge in [-0.2, -0.15) is 0 Å². The number of hydrogen-bond acceptors (Lipinski definition) is 5. The summed E-state index contributed by atoms with van der Waals surface area (Å²) in [5, 5.41) is 3.39. The molecule has 1 N–H and O–H groups in total. The van der Waals surface area contributed by atoms with Gasteiger partial charge < -0.3 is 14.8 Å². The number of nitrogens with one attached hydrogen (secondary N) is 1. The Balaban J connectivity index is 1.88. The van der Waals surface area contributed by atoms with Gasteiger partial charge in [-0.25, -0.2) is 9.97 Å². The van der Waals surface area contributed by atoms with Crippen LogP contribution in [0.25, 0.3) is 0 Å². The minimum atomic E-state index is 0.101. The molecule has 1 fully saturated rings. The molecule has 5 heteroatoms. The number of nitrogens with zero attached hydrogens (tertiary/aromatic N) is 2. The van der Waals surface area contributed by atoms with E-state index in [4.69, 9.17) is 9.47 Å². The Labute approximate surface area is 114 Å². The van der Waals surface area contributed by atoms with Crippen molar-refractivity contribution >= 4 is 0 Å². The molecule has 19 heavy (non-hydrogen) atoms. The average Bonchev–Trinajstić information content (AvgIpc) is 2.84. The molecule has 0 amide bonds. The first-order valence-electron chi connectivity index (χ1n) is 6.92. The van der Waals surface area contributed by atoms with Crippen molar-refractivity contribution in [3.8, 4) is 6.01 Å². The predicted molar refractivity (Wildman–Crippen MR) is 73.2 cm³/mol. The Hall–Kier alpha value is -1.20. The minimum absolute atomic E-state index is 0.101.